The summed E-state index contributed by atoms with van der Waals surface area (Å²) >= 11 is 2.03. The van der Waals surface area contributed by atoms with Crippen LogP contribution in [0.1, 0.15) is 44.4 Å². The van der Waals surface area contributed by atoms with E-state index < -0.39 is 0 Å². The van der Waals surface area contributed by atoms with Gasteiger partial charge in [-0.15, -0.1) is 0 Å². The zero-order valence-electron chi connectivity index (χ0n) is 11.5. The fraction of sp³-hybridized carbons (Fsp3) is 0.600. The SMILES string of the molecule is CCCNC(CSC(C)C)c1ccc(C)cc1. The lowest BCUT2D eigenvalue weighted by atomic mass is 10.1. The first-order chi connectivity index (χ1) is 8.13. The first-order valence-corrected chi connectivity index (χ1v) is 7.60. The Kier molecular flexibility index (Phi) is 6.68. The van der Waals surface area contributed by atoms with Crippen molar-refractivity contribution < 1.29 is 0 Å². The number of hydrogen-bond donors (Lipinski definition) is 1. The predicted octanol–water partition coefficient (Wildman–Crippen LogP) is 4.18. The second-order valence-electron chi connectivity index (χ2n) is 4.80. The summed E-state index contributed by atoms with van der Waals surface area (Å²) in [5.74, 6) is 1.15. The molecule has 96 valence electrons. The van der Waals surface area contributed by atoms with Gasteiger partial charge in [-0.05, 0) is 30.7 Å². The summed E-state index contributed by atoms with van der Waals surface area (Å²) in [5.41, 5.74) is 2.75. The van der Waals surface area contributed by atoms with Crippen LogP contribution in [0.2, 0.25) is 0 Å². The van der Waals surface area contributed by atoms with Crippen molar-refractivity contribution >= 4 is 11.8 Å². The average molecular weight is 251 g/mol. The summed E-state index contributed by atoms with van der Waals surface area (Å²) in [6.07, 6.45) is 1.19. The van der Waals surface area contributed by atoms with E-state index in [4.69, 9.17) is 0 Å². The van der Waals surface area contributed by atoms with Gasteiger partial charge in [0.1, 0.15) is 0 Å². The van der Waals surface area contributed by atoms with Gasteiger partial charge in [0, 0.05) is 11.8 Å². The summed E-state index contributed by atoms with van der Waals surface area (Å²) in [6, 6.07) is 9.40. The molecule has 1 unspecified atom stereocenters. The first-order valence-electron chi connectivity index (χ1n) is 6.55. The van der Waals surface area contributed by atoms with Crippen LogP contribution in [0.15, 0.2) is 24.3 Å². The van der Waals surface area contributed by atoms with Crippen molar-refractivity contribution in [3.8, 4) is 0 Å². The number of aryl methyl sites for hydroxylation is 1. The van der Waals surface area contributed by atoms with Gasteiger partial charge in [-0.25, -0.2) is 0 Å². The summed E-state index contributed by atoms with van der Waals surface area (Å²) < 4.78 is 0. The van der Waals surface area contributed by atoms with Crippen molar-refractivity contribution in [3.05, 3.63) is 35.4 Å². The van der Waals surface area contributed by atoms with E-state index in [0.717, 1.165) is 12.3 Å². The molecule has 0 aliphatic carbocycles. The third-order valence-electron chi connectivity index (χ3n) is 2.72. The number of thioether (sulfide) groups is 1. The van der Waals surface area contributed by atoms with Crippen molar-refractivity contribution in [3.63, 3.8) is 0 Å². The van der Waals surface area contributed by atoms with Crippen molar-refractivity contribution in [2.75, 3.05) is 12.3 Å². The molecule has 1 N–H and O–H groups in total. The molecule has 1 rings (SSSR count). The van der Waals surface area contributed by atoms with Gasteiger partial charge in [-0.2, -0.15) is 11.8 Å². The Morgan fingerprint density at radius 1 is 1.18 bits per heavy atom. The smallest absolute Gasteiger partial charge is 0.0411 e. The van der Waals surface area contributed by atoms with Gasteiger partial charge in [-0.3, -0.25) is 0 Å². The fourth-order valence-corrected chi connectivity index (χ4v) is 2.57. The minimum atomic E-state index is 0.489. The molecular weight excluding hydrogens is 226 g/mol. The van der Waals surface area contributed by atoms with E-state index in [2.05, 4.69) is 57.3 Å². The van der Waals surface area contributed by atoms with E-state index in [0.29, 0.717) is 11.3 Å². The van der Waals surface area contributed by atoms with Crippen LogP contribution in [0.5, 0.6) is 0 Å². The van der Waals surface area contributed by atoms with Crippen LogP contribution in [-0.4, -0.2) is 17.5 Å². The Morgan fingerprint density at radius 2 is 1.82 bits per heavy atom. The number of rotatable bonds is 7. The van der Waals surface area contributed by atoms with Gasteiger partial charge in [0.25, 0.3) is 0 Å². The molecule has 0 saturated carbocycles. The monoisotopic (exact) mass is 251 g/mol. The Morgan fingerprint density at radius 3 is 2.35 bits per heavy atom. The summed E-state index contributed by atoms with van der Waals surface area (Å²) in [6.45, 7) is 9.97. The molecule has 1 aromatic rings. The molecule has 1 atom stereocenters. The van der Waals surface area contributed by atoms with E-state index in [-0.39, 0.29) is 0 Å². The van der Waals surface area contributed by atoms with Gasteiger partial charge < -0.3 is 5.32 Å². The molecule has 1 aromatic carbocycles. The summed E-state index contributed by atoms with van der Waals surface area (Å²) in [5, 5.41) is 4.34. The maximum atomic E-state index is 3.64. The Labute approximate surface area is 110 Å². The van der Waals surface area contributed by atoms with E-state index in [1.54, 1.807) is 0 Å². The highest BCUT2D eigenvalue weighted by Gasteiger charge is 2.11. The predicted molar refractivity (Wildman–Crippen MR) is 79.8 cm³/mol. The Hall–Kier alpha value is -0.470. The maximum Gasteiger partial charge on any atom is 0.0411 e. The topological polar surface area (TPSA) is 12.0 Å². The van der Waals surface area contributed by atoms with Crippen LogP contribution in [-0.2, 0) is 0 Å². The standard InChI is InChI=1S/C15H25NS/c1-5-10-16-15(11-17-12(2)3)14-8-6-13(4)7-9-14/h6-9,12,15-16H,5,10-11H2,1-4H3. The number of nitrogens with one attached hydrogen (secondary N) is 1. The van der Waals surface area contributed by atoms with Crippen LogP contribution in [0, 0.1) is 6.92 Å². The molecule has 17 heavy (non-hydrogen) atoms. The van der Waals surface area contributed by atoms with E-state index in [1.165, 1.54) is 17.5 Å². The Bertz CT molecular complexity index is 305. The van der Waals surface area contributed by atoms with Gasteiger partial charge >= 0.3 is 0 Å². The quantitative estimate of drug-likeness (QED) is 0.780. The van der Waals surface area contributed by atoms with Crippen molar-refractivity contribution in [2.24, 2.45) is 0 Å². The summed E-state index contributed by atoms with van der Waals surface area (Å²) in [7, 11) is 0. The van der Waals surface area contributed by atoms with Crippen LogP contribution < -0.4 is 5.32 Å². The highest BCUT2D eigenvalue weighted by molar-refractivity contribution is 7.99. The molecule has 0 aliphatic heterocycles. The largest absolute Gasteiger partial charge is 0.309 e. The Balaban J connectivity index is 2.63. The molecule has 1 nitrogen and oxygen atoms in total. The third-order valence-corrected chi connectivity index (χ3v) is 3.91. The average Bonchev–Trinajstić information content (AvgIpc) is 2.30. The number of benzene rings is 1. The fourth-order valence-electron chi connectivity index (χ4n) is 1.68. The first kappa shape index (κ1) is 14.6. The molecule has 0 saturated heterocycles. The second kappa shape index (κ2) is 7.78. The molecule has 0 aromatic heterocycles. The van der Waals surface area contributed by atoms with Gasteiger partial charge in [0.2, 0.25) is 0 Å². The minimum Gasteiger partial charge on any atom is -0.309 e. The molecule has 0 fully saturated rings. The van der Waals surface area contributed by atoms with E-state index in [1.807, 2.05) is 11.8 Å². The van der Waals surface area contributed by atoms with Crippen LogP contribution in [0.3, 0.4) is 0 Å². The zero-order valence-corrected chi connectivity index (χ0v) is 12.3. The molecule has 0 spiro atoms. The molecule has 0 aliphatic rings. The van der Waals surface area contributed by atoms with Crippen molar-refractivity contribution in [2.45, 2.75) is 45.4 Å². The zero-order chi connectivity index (χ0) is 12.7. The van der Waals surface area contributed by atoms with Crippen LogP contribution in [0.25, 0.3) is 0 Å². The molecule has 0 amide bonds. The van der Waals surface area contributed by atoms with Crippen LogP contribution in [0.4, 0.5) is 0 Å². The van der Waals surface area contributed by atoms with Gasteiger partial charge in [0.05, 0.1) is 0 Å². The van der Waals surface area contributed by atoms with Crippen molar-refractivity contribution in [1.82, 2.24) is 5.32 Å². The molecular formula is C15H25NS. The maximum absolute atomic E-state index is 3.64. The summed E-state index contributed by atoms with van der Waals surface area (Å²) in [4.78, 5) is 0. The lowest BCUT2D eigenvalue weighted by Crippen LogP contribution is -2.24. The van der Waals surface area contributed by atoms with E-state index >= 15 is 0 Å². The molecule has 0 bridgehead atoms. The highest BCUT2D eigenvalue weighted by atomic mass is 32.2. The van der Waals surface area contributed by atoms with Gasteiger partial charge in [0.15, 0.2) is 0 Å². The lowest BCUT2D eigenvalue weighted by Gasteiger charge is -2.20. The second-order valence-corrected chi connectivity index (χ2v) is 6.41. The van der Waals surface area contributed by atoms with E-state index in [9.17, 15) is 0 Å². The third kappa shape index (κ3) is 5.60. The molecule has 0 radical (unpaired) electrons. The highest BCUT2D eigenvalue weighted by Crippen LogP contribution is 2.21. The molecule has 2 heteroatoms. The lowest BCUT2D eigenvalue weighted by molar-refractivity contribution is 0.577. The normalized spacial score (nSPS) is 13.0. The van der Waals surface area contributed by atoms with Gasteiger partial charge in [-0.1, -0.05) is 50.6 Å². The number of hydrogen-bond acceptors (Lipinski definition) is 2. The van der Waals surface area contributed by atoms with Crippen molar-refractivity contribution in [1.29, 1.82) is 0 Å². The van der Waals surface area contributed by atoms with Crippen LogP contribution >= 0.6 is 11.8 Å². The molecule has 0 heterocycles. The minimum absolute atomic E-state index is 0.489.